The molecule has 12 heteroatoms. The molecule has 3 aromatic heterocycles. The van der Waals surface area contributed by atoms with Crippen molar-refractivity contribution in [3.05, 3.63) is 36.0 Å². The summed E-state index contributed by atoms with van der Waals surface area (Å²) in [5.41, 5.74) is 0.591. The number of halogens is 3. The quantitative estimate of drug-likeness (QED) is 0.669. The Hall–Kier alpha value is -3.18. The van der Waals surface area contributed by atoms with Crippen molar-refractivity contribution >= 4 is 17.5 Å². The lowest BCUT2D eigenvalue weighted by Gasteiger charge is -2.15. The molecule has 0 unspecified atom stereocenters. The van der Waals surface area contributed by atoms with Crippen molar-refractivity contribution in [1.29, 1.82) is 0 Å². The zero-order valence-corrected chi connectivity index (χ0v) is 15.8. The molecule has 0 spiro atoms. The first-order valence-electron chi connectivity index (χ1n) is 9.15. The summed E-state index contributed by atoms with van der Waals surface area (Å²) in [4.78, 5) is 9.47. The van der Waals surface area contributed by atoms with E-state index >= 15 is 0 Å². The molecule has 2 N–H and O–H groups in total. The third-order valence-corrected chi connectivity index (χ3v) is 5.11. The Morgan fingerprint density at radius 2 is 1.79 bits per heavy atom. The van der Waals surface area contributed by atoms with Gasteiger partial charge in [0.1, 0.15) is 11.4 Å². The van der Waals surface area contributed by atoms with Gasteiger partial charge in [-0.05, 0) is 26.2 Å². The molecule has 1 aliphatic rings. The Kier molecular flexibility index (Phi) is 4.84. The molecule has 2 atom stereocenters. The second-order valence-electron chi connectivity index (χ2n) is 6.89. The Bertz CT molecular complexity index is 981. The van der Waals surface area contributed by atoms with Gasteiger partial charge >= 0.3 is 6.18 Å². The molecule has 0 aromatic carbocycles. The van der Waals surface area contributed by atoms with E-state index in [2.05, 4.69) is 35.9 Å². The number of nitrogens with zero attached hydrogens (tertiary/aromatic N) is 7. The maximum atomic E-state index is 13.0. The van der Waals surface area contributed by atoms with Gasteiger partial charge in [0.15, 0.2) is 0 Å². The van der Waals surface area contributed by atoms with Crippen LogP contribution in [0.25, 0.3) is 0 Å². The van der Waals surface area contributed by atoms with Crippen LogP contribution in [0, 0.1) is 6.92 Å². The van der Waals surface area contributed by atoms with Crippen LogP contribution in [-0.4, -0.2) is 41.8 Å². The Morgan fingerprint density at radius 3 is 2.48 bits per heavy atom. The first-order valence-corrected chi connectivity index (χ1v) is 9.15. The van der Waals surface area contributed by atoms with E-state index < -0.39 is 11.7 Å². The van der Waals surface area contributed by atoms with Crippen LogP contribution < -0.4 is 10.6 Å². The van der Waals surface area contributed by atoms with Crippen LogP contribution in [-0.2, 0) is 6.18 Å². The number of rotatable bonds is 5. The number of hydrogen-bond acceptors (Lipinski definition) is 7. The van der Waals surface area contributed by atoms with Gasteiger partial charge in [-0.25, -0.2) is 4.98 Å². The molecule has 0 radical (unpaired) electrons. The van der Waals surface area contributed by atoms with Gasteiger partial charge in [0.25, 0.3) is 0 Å². The standard InChI is InChI=1S/C17H20F3N9/c1-10-14(26-16-22-8-13(17(18,19)20)15(21-2)27-16)9-25-28(10)11-3-4-12(7-11)29-23-5-6-24-29/h5-6,8-9,11-12H,3-4,7H2,1-2H3,(H2,21,22,26,27)/t11-,12+/m0/s1. The molecule has 1 aliphatic carbocycles. The van der Waals surface area contributed by atoms with E-state index in [-0.39, 0.29) is 23.8 Å². The average Bonchev–Trinajstić information content (AvgIpc) is 3.42. The highest BCUT2D eigenvalue weighted by Gasteiger charge is 2.35. The third-order valence-electron chi connectivity index (χ3n) is 5.11. The zero-order valence-electron chi connectivity index (χ0n) is 15.8. The number of alkyl halides is 3. The van der Waals surface area contributed by atoms with Crippen molar-refractivity contribution < 1.29 is 13.2 Å². The van der Waals surface area contributed by atoms with Gasteiger partial charge in [-0.1, -0.05) is 0 Å². The molecule has 0 aliphatic heterocycles. The summed E-state index contributed by atoms with van der Waals surface area (Å²) in [6.07, 6.45) is 3.95. The fraction of sp³-hybridized carbons (Fsp3) is 0.471. The predicted octanol–water partition coefficient (Wildman–Crippen LogP) is 3.34. The van der Waals surface area contributed by atoms with Gasteiger partial charge < -0.3 is 10.6 Å². The number of anilines is 3. The molecule has 3 aromatic rings. The maximum Gasteiger partial charge on any atom is 0.421 e. The minimum Gasteiger partial charge on any atom is -0.372 e. The normalized spacial score (nSPS) is 19.5. The molecule has 9 nitrogen and oxygen atoms in total. The van der Waals surface area contributed by atoms with E-state index in [0.29, 0.717) is 5.69 Å². The summed E-state index contributed by atoms with van der Waals surface area (Å²) in [5, 5.41) is 18.3. The summed E-state index contributed by atoms with van der Waals surface area (Å²) < 4.78 is 40.9. The Balaban J connectivity index is 1.51. The van der Waals surface area contributed by atoms with Crippen LogP contribution in [0.4, 0.5) is 30.6 Å². The lowest BCUT2D eigenvalue weighted by Crippen LogP contribution is -2.13. The fourth-order valence-electron chi connectivity index (χ4n) is 3.66. The van der Waals surface area contributed by atoms with Crippen LogP contribution in [0.3, 0.4) is 0 Å². The second kappa shape index (κ2) is 7.33. The van der Waals surface area contributed by atoms with Gasteiger partial charge in [0.2, 0.25) is 5.95 Å². The minimum absolute atomic E-state index is 0.0649. The molecule has 1 fully saturated rings. The molecule has 1 saturated carbocycles. The largest absolute Gasteiger partial charge is 0.421 e. The van der Waals surface area contributed by atoms with Gasteiger partial charge in [-0.3, -0.25) is 4.68 Å². The average molecular weight is 407 g/mol. The number of hydrogen-bond donors (Lipinski definition) is 2. The van der Waals surface area contributed by atoms with E-state index in [1.165, 1.54) is 7.05 Å². The summed E-state index contributed by atoms with van der Waals surface area (Å²) in [6, 6.07) is 0.425. The second-order valence-corrected chi connectivity index (χ2v) is 6.89. The smallest absolute Gasteiger partial charge is 0.372 e. The molecule has 29 heavy (non-hydrogen) atoms. The van der Waals surface area contributed by atoms with Crippen molar-refractivity contribution in [2.45, 2.75) is 44.4 Å². The summed E-state index contributed by atoms with van der Waals surface area (Å²) >= 11 is 0. The molecule has 0 amide bonds. The highest BCUT2D eigenvalue weighted by Crippen LogP contribution is 2.38. The van der Waals surface area contributed by atoms with E-state index in [0.717, 1.165) is 31.2 Å². The highest BCUT2D eigenvalue weighted by atomic mass is 19.4. The van der Waals surface area contributed by atoms with Gasteiger partial charge in [-0.2, -0.15) is 38.2 Å². The number of nitrogens with one attached hydrogen (secondary N) is 2. The SMILES string of the molecule is CNc1nc(Nc2cnn([C@H]3CC[C@@H](n4nccn4)C3)c2C)ncc1C(F)(F)F. The van der Waals surface area contributed by atoms with E-state index in [1.54, 1.807) is 23.4 Å². The van der Waals surface area contributed by atoms with Gasteiger partial charge in [-0.15, -0.1) is 0 Å². The predicted molar refractivity (Wildman–Crippen MR) is 98.8 cm³/mol. The van der Waals surface area contributed by atoms with E-state index in [1.807, 2.05) is 11.6 Å². The van der Waals surface area contributed by atoms with Crippen molar-refractivity contribution in [3.63, 3.8) is 0 Å². The first-order chi connectivity index (χ1) is 13.9. The third kappa shape index (κ3) is 3.74. The Labute approximate surface area is 164 Å². The Morgan fingerprint density at radius 1 is 1.07 bits per heavy atom. The van der Waals surface area contributed by atoms with Crippen LogP contribution >= 0.6 is 0 Å². The van der Waals surface area contributed by atoms with Gasteiger partial charge in [0, 0.05) is 13.2 Å². The molecule has 3 heterocycles. The van der Waals surface area contributed by atoms with E-state index in [9.17, 15) is 13.2 Å². The van der Waals surface area contributed by atoms with Crippen LogP contribution in [0.5, 0.6) is 0 Å². The summed E-state index contributed by atoms with van der Waals surface area (Å²) in [5.74, 6) is -0.222. The molecule has 4 rings (SSSR count). The minimum atomic E-state index is -4.53. The lowest BCUT2D eigenvalue weighted by atomic mass is 10.2. The molecule has 154 valence electrons. The monoisotopic (exact) mass is 407 g/mol. The van der Waals surface area contributed by atoms with Crippen LogP contribution in [0.1, 0.15) is 42.6 Å². The molecule has 0 saturated heterocycles. The van der Waals surface area contributed by atoms with Crippen molar-refractivity contribution in [1.82, 2.24) is 34.7 Å². The molecule has 0 bridgehead atoms. The van der Waals surface area contributed by atoms with Crippen molar-refractivity contribution in [3.8, 4) is 0 Å². The van der Waals surface area contributed by atoms with E-state index in [4.69, 9.17) is 0 Å². The fourth-order valence-corrected chi connectivity index (χ4v) is 3.66. The summed E-state index contributed by atoms with van der Waals surface area (Å²) in [7, 11) is 1.38. The van der Waals surface area contributed by atoms with Gasteiger partial charge in [0.05, 0.1) is 42.1 Å². The maximum absolute atomic E-state index is 13.0. The van der Waals surface area contributed by atoms with Crippen LogP contribution in [0.2, 0.25) is 0 Å². The molecular formula is C17H20F3N9. The number of aromatic nitrogens is 7. The van der Waals surface area contributed by atoms with Crippen molar-refractivity contribution in [2.75, 3.05) is 17.7 Å². The van der Waals surface area contributed by atoms with Crippen molar-refractivity contribution in [2.24, 2.45) is 0 Å². The highest BCUT2D eigenvalue weighted by molar-refractivity contribution is 5.58. The molecular weight excluding hydrogens is 387 g/mol. The zero-order chi connectivity index (χ0) is 20.6. The van der Waals surface area contributed by atoms with Crippen LogP contribution in [0.15, 0.2) is 24.8 Å². The first kappa shape index (κ1) is 19.2. The summed E-state index contributed by atoms with van der Waals surface area (Å²) in [6.45, 7) is 1.90. The lowest BCUT2D eigenvalue weighted by molar-refractivity contribution is -0.137. The topological polar surface area (TPSA) is 98.4 Å².